The summed E-state index contributed by atoms with van der Waals surface area (Å²) in [7, 11) is -3.17. The fraction of sp³-hybridized carbons (Fsp3) is 0.273. The highest BCUT2D eigenvalue weighted by molar-refractivity contribution is 7.90. The highest BCUT2D eigenvalue weighted by atomic mass is 32.2. The minimum atomic E-state index is -3.17. The Labute approximate surface area is 108 Å². The van der Waals surface area contributed by atoms with Gasteiger partial charge in [0.05, 0.1) is 22.3 Å². The second-order valence-corrected chi connectivity index (χ2v) is 6.51. The number of benzene rings is 1. The van der Waals surface area contributed by atoms with Crippen LogP contribution in [0.15, 0.2) is 23.0 Å². The first-order valence-electron chi connectivity index (χ1n) is 5.41. The lowest BCUT2D eigenvalue weighted by atomic mass is 10.2. The Kier molecular flexibility index (Phi) is 3.19. The topological polar surface area (TPSA) is 109 Å². The van der Waals surface area contributed by atoms with Gasteiger partial charge in [0.2, 0.25) is 0 Å². The van der Waals surface area contributed by atoms with Gasteiger partial charge in [0.25, 0.3) is 0 Å². The lowest BCUT2D eigenvalue weighted by Crippen LogP contribution is -2.21. The number of aromatic amines is 1. The summed E-state index contributed by atoms with van der Waals surface area (Å²) in [6.07, 6.45) is 1.09. The number of aromatic nitrogens is 2. The molecule has 2 rings (SSSR count). The van der Waals surface area contributed by atoms with Gasteiger partial charge in [0.1, 0.15) is 9.84 Å². The molecule has 19 heavy (non-hydrogen) atoms. The summed E-state index contributed by atoms with van der Waals surface area (Å²) >= 11 is 0. The number of rotatable bonds is 4. The fourth-order valence-electron chi connectivity index (χ4n) is 1.78. The van der Waals surface area contributed by atoms with E-state index in [1.165, 1.54) is 22.8 Å². The number of fused-ring (bicyclic) bond motifs is 1. The molecule has 1 aromatic carbocycles. The average Bonchev–Trinajstić information content (AvgIpc) is 2.59. The van der Waals surface area contributed by atoms with Crippen molar-refractivity contribution in [2.45, 2.75) is 6.54 Å². The number of H-pyrrole nitrogens is 1. The predicted molar refractivity (Wildman–Crippen MR) is 69.2 cm³/mol. The Bertz CT molecular complexity index is 800. The molecule has 2 aromatic rings. The molecule has 102 valence electrons. The first-order chi connectivity index (χ1) is 8.78. The average molecular weight is 284 g/mol. The molecule has 0 spiro atoms. The molecule has 1 aromatic heterocycles. The van der Waals surface area contributed by atoms with Gasteiger partial charge in [-0.1, -0.05) is 0 Å². The van der Waals surface area contributed by atoms with Crippen LogP contribution in [0.2, 0.25) is 0 Å². The number of nitrogens with zero attached hydrogens (tertiary/aromatic N) is 1. The molecular weight excluding hydrogens is 272 g/mol. The van der Waals surface area contributed by atoms with E-state index in [4.69, 9.17) is 5.11 Å². The van der Waals surface area contributed by atoms with Gasteiger partial charge in [-0.3, -0.25) is 4.57 Å². The van der Waals surface area contributed by atoms with Gasteiger partial charge < -0.3 is 10.1 Å². The third-order valence-corrected chi connectivity index (χ3v) is 3.63. The van der Waals surface area contributed by atoms with Crippen LogP contribution in [0.25, 0.3) is 11.0 Å². The van der Waals surface area contributed by atoms with Crippen LogP contribution >= 0.6 is 0 Å². The van der Waals surface area contributed by atoms with Crippen LogP contribution in [-0.4, -0.2) is 41.1 Å². The minimum absolute atomic E-state index is 0.0318. The van der Waals surface area contributed by atoms with Crippen LogP contribution in [0.3, 0.4) is 0 Å². The van der Waals surface area contributed by atoms with Gasteiger partial charge in [-0.25, -0.2) is 18.0 Å². The molecule has 8 heteroatoms. The smallest absolute Gasteiger partial charge is 0.335 e. The van der Waals surface area contributed by atoms with Crippen LogP contribution < -0.4 is 5.69 Å². The molecule has 0 unspecified atom stereocenters. The summed E-state index contributed by atoms with van der Waals surface area (Å²) in [5.41, 5.74) is 0.460. The number of nitrogens with one attached hydrogen (secondary N) is 1. The Morgan fingerprint density at radius 2 is 2.11 bits per heavy atom. The van der Waals surface area contributed by atoms with Crippen molar-refractivity contribution >= 4 is 26.8 Å². The number of carboxylic acid groups (broad SMARTS) is 1. The normalized spacial score (nSPS) is 11.8. The molecule has 0 fully saturated rings. The standard InChI is InChI=1S/C11H12N2O5S/c1-19(17,18)5-4-13-9-3-2-7(10(14)15)6-8(9)12-11(13)16/h2-3,6H,4-5H2,1H3,(H,12,16)(H,14,15). The summed E-state index contributed by atoms with van der Waals surface area (Å²) in [6, 6.07) is 4.20. The van der Waals surface area contributed by atoms with E-state index < -0.39 is 21.5 Å². The molecule has 0 aliphatic rings. The molecule has 0 aliphatic carbocycles. The maximum absolute atomic E-state index is 11.7. The molecule has 0 radical (unpaired) electrons. The number of hydrogen-bond acceptors (Lipinski definition) is 4. The molecule has 0 amide bonds. The number of carboxylic acids is 1. The second-order valence-electron chi connectivity index (χ2n) is 4.25. The van der Waals surface area contributed by atoms with E-state index in [0.29, 0.717) is 11.0 Å². The quantitative estimate of drug-likeness (QED) is 0.825. The Morgan fingerprint density at radius 3 is 2.68 bits per heavy atom. The second kappa shape index (κ2) is 4.54. The van der Waals surface area contributed by atoms with Crippen molar-refractivity contribution in [3.05, 3.63) is 34.2 Å². The van der Waals surface area contributed by atoms with E-state index in [2.05, 4.69) is 4.98 Å². The van der Waals surface area contributed by atoms with E-state index in [0.717, 1.165) is 6.26 Å². The third-order valence-electron chi connectivity index (χ3n) is 2.71. The molecular formula is C11H12N2O5S. The summed E-state index contributed by atoms with van der Waals surface area (Å²) in [5, 5.41) is 8.85. The Hall–Kier alpha value is -2.09. The highest BCUT2D eigenvalue weighted by Crippen LogP contribution is 2.13. The lowest BCUT2D eigenvalue weighted by molar-refractivity contribution is 0.0697. The predicted octanol–water partition coefficient (Wildman–Crippen LogP) is 0.0724. The molecule has 7 nitrogen and oxygen atoms in total. The van der Waals surface area contributed by atoms with Gasteiger partial charge >= 0.3 is 11.7 Å². The maximum Gasteiger partial charge on any atom is 0.335 e. The first-order valence-corrected chi connectivity index (χ1v) is 7.47. The largest absolute Gasteiger partial charge is 0.478 e. The fourth-order valence-corrected chi connectivity index (χ4v) is 2.29. The highest BCUT2D eigenvalue weighted by Gasteiger charge is 2.11. The van der Waals surface area contributed by atoms with Gasteiger partial charge in [-0.2, -0.15) is 0 Å². The number of aromatic carboxylic acids is 1. The van der Waals surface area contributed by atoms with Crippen molar-refractivity contribution in [3.8, 4) is 0 Å². The molecule has 2 N–H and O–H groups in total. The Morgan fingerprint density at radius 1 is 1.42 bits per heavy atom. The minimum Gasteiger partial charge on any atom is -0.478 e. The molecule has 0 atom stereocenters. The van der Waals surface area contributed by atoms with Crippen LogP contribution in [0.4, 0.5) is 0 Å². The number of carbonyl (C=O) groups is 1. The maximum atomic E-state index is 11.7. The van der Waals surface area contributed by atoms with E-state index in [1.54, 1.807) is 0 Å². The van der Waals surface area contributed by atoms with E-state index in [1.807, 2.05) is 0 Å². The number of hydrogen-bond donors (Lipinski definition) is 2. The summed E-state index contributed by atoms with van der Waals surface area (Å²) in [4.78, 5) is 25.0. The molecule has 0 aliphatic heterocycles. The van der Waals surface area contributed by atoms with E-state index >= 15 is 0 Å². The SMILES string of the molecule is CS(=O)(=O)CCn1c(=O)[nH]c2cc(C(=O)O)ccc21. The monoisotopic (exact) mass is 284 g/mol. The number of sulfone groups is 1. The van der Waals surface area contributed by atoms with Crippen molar-refractivity contribution in [2.75, 3.05) is 12.0 Å². The molecule has 0 bridgehead atoms. The molecule has 0 saturated heterocycles. The van der Waals surface area contributed by atoms with Gasteiger partial charge in [-0.15, -0.1) is 0 Å². The zero-order valence-electron chi connectivity index (χ0n) is 10.1. The van der Waals surface area contributed by atoms with Crippen molar-refractivity contribution in [1.29, 1.82) is 0 Å². The molecule has 1 heterocycles. The van der Waals surface area contributed by atoms with Crippen LogP contribution in [0.5, 0.6) is 0 Å². The van der Waals surface area contributed by atoms with Crippen molar-refractivity contribution in [2.24, 2.45) is 0 Å². The van der Waals surface area contributed by atoms with Crippen LogP contribution in [-0.2, 0) is 16.4 Å². The lowest BCUT2D eigenvalue weighted by Gasteiger charge is -2.02. The van der Waals surface area contributed by atoms with Crippen molar-refractivity contribution in [3.63, 3.8) is 0 Å². The number of imidazole rings is 1. The summed E-state index contributed by atoms with van der Waals surface area (Å²) in [5.74, 6) is -1.24. The van der Waals surface area contributed by atoms with Crippen molar-refractivity contribution in [1.82, 2.24) is 9.55 Å². The van der Waals surface area contributed by atoms with Crippen LogP contribution in [0, 0.1) is 0 Å². The molecule has 0 saturated carbocycles. The summed E-state index contributed by atoms with van der Waals surface area (Å²) < 4.78 is 23.5. The third kappa shape index (κ3) is 2.84. The zero-order chi connectivity index (χ0) is 14.2. The van der Waals surface area contributed by atoms with Gasteiger partial charge in [0, 0.05) is 12.8 Å². The zero-order valence-corrected chi connectivity index (χ0v) is 10.9. The Balaban J connectivity index is 2.48. The van der Waals surface area contributed by atoms with E-state index in [-0.39, 0.29) is 17.9 Å². The van der Waals surface area contributed by atoms with E-state index in [9.17, 15) is 18.0 Å². The summed E-state index contributed by atoms with van der Waals surface area (Å²) in [6.45, 7) is 0.0318. The van der Waals surface area contributed by atoms with Crippen LogP contribution in [0.1, 0.15) is 10.4 Å². The first kappa shape index (κ1) is 13.3. The van der Waals surface area contributed by atoms with Crippen molar-refractivity contribution < 1.29 is 18.3 Å². The van der Waals surface area contributed by atoms with Gasteiger partial charge in [0.15, 0.2) is 0 Å². The number of aryl methyl sites for hydroxylation is 1. The van der Waals surface area contributed by atoms with Gasteiger partial charge in [-0.05, 0) is 18.2 Å².